The van der Waals surface area contributed by atoms with Crippen molar-refractivity contribution in [2.24, 2.45) is 11.3 Å². The molecule has 1 heterocycles. The maximum Gasteiger partial charge on any atom is 0.389 e. The lowest BCUT2D eigenvalue weighted by Gasteiger charge is -2.31. The lowest BCUT2D eigenvalue weighted by Crippen LogP contribution is -2.36. The van der Waals surface area contributed by atoms with E-state index in [1.165, 1.54) is 0 Å². The van der Waals surface area contributed by atoms with Crippen LogP contribution in [0.1, 0.15) is 52.9 Å². The normalized spacial score (nSPS) is 28.8. The number of hydrogen-bond donors (Lipinski definition) is 1. The molecule has 0 aromatic carbocycles. The van der Waals surface area contributed by atoms with Gasteiger partial charge in [-0.2, -0.15) is 13.2 Å². The van der Waals surface area contributed by atoms with Gasteiger partial charge < -0.3 is 5.32 Å². The maximum absolute atomic E-state index is 12.2. The Kier molecular flexibility index (Phi) is 4.67. The Bertz CT molecular complexity index is 301. The van der Waals surface area contributed by atoms with Crippen LogP contribution < -0.4 is 5.32 Å². The van der Waals surface area contributed by atoms with Gasteiger partial charge in [-0.25, -0.2) is 0 Å². The first-order chi connectivity index (χ1) is 8.12. The number of carbonyl (C=O) groups is 1. The molecule has 18 heavy (non-hydrogen) atoms. The van der Waals surface area contributed by atoms with E-state index in [1.54, 1.807) is 0 Å². The monoisotopic (exact) mass is 265 g/mol. The first-order valence-electron chi connectivity index (χ1n) is 6.48. The summed E-state index contributed by atoms with van der Waals surface area (Å²) in [7, 11) is 0. The minimum absolute atomic E-state index is 0.0123. The van der Waals surface area contributed by atoms with Crippen molar-refractivity contribution in [3.63, 3.8) is 0 Å². The van der Waals surface area contributed by atoms with Gasteiger partial charge in [-0.1, -0.05) is 20.8 Å². The molecule has 0 radical (unpaired) electrons. The van der Waals surface area contributed by atoms with Crippen molar-refractivity contribution in [1.82, 2.24) is 5.32 Å². The van der Waals surface area contributed by atoms with Crippen molar-refractivity contribution >= 4 is 5.91 Å². The van der Waals surface area contributed by atoms with Crippen molar-refractivity contribution in [3.05, 3.63) is 0 Å². The molecule has 2 atom stereocenters. The van der Waals surface area contributed by atoms with E-state index in [0.717, 1.165) is 6.42 Å². The topological polar surface area (TPSA) is 29.1 Å². The molecule has 0 aromatic heterocycles. The molecule has 1 fully saturated rings. The molecule has 1 amide bonds. The number of alkyl halides is 3. The second-order valence-electron chi connectivity index (χ2n) is 6.05. The summed E-state index contributed by atoms with van der Waals surface area (Å²) in [4.78, 5) is 11.5. The van der Waals surface area contributed by atoms with Crippen LogP contribution in [-0.2, 0) is 4.79 Å². The minimum Gasteiger partial charge on any atom is -0.353 e. The van der Waals surface area contributed by atoms with Crippen LogP contribution in [-0.4, -0.2) is 18.1 Å². The summed E-state index contributed by atoms with van der Waals surface area (Å²) in [6, 6.07) is 0.0123. The van der Waals surface area contributed by atoms with E-state index in [-0.39, 0.29) is 23.8 Å². The van der Waals surface area contributed by atoms with E-state index >= 15 is 0 Å². The fourth-order valence-electron chi connectivity index (χ4n) is 2.68. The summed E-state index contributed by atoms with van der Waals surface area (Å²) in [5, 5.41) is 2.90. The summed E-state index contributed by atoms with van der Waals surface area (Å²) in [5.41, 5.74) is -0.327. The molecular weight excluding hydrogens is 243 g/mol. The highest BCUT2D eigenvalue weighted by atomic mass is 19.4. The highest BCUT2D eigenvalue weighted by Crippen LogP contribution is 2.40. The predicted octanol–water partition coefficient (Wildman–Crippen LogP) is 3.66. The van der Waals surface area contributed by atoms with Crippen LogP contribution >= 0.6 is 0 Å². The maximum atomic E-state index is 12.2. The van der Waals surface area contributed by atoms with Crippen LogP contribution in [0.4, 0.5) is 13.2 Å². The number of rotatable bonds is 5. The lowest BCUT2D eigenvalue weighted by molar-refractivity contribution is -0.136. The lowest BCUT2D eigenvalue weighted by atomic mass is 9.75. The molecule has 0 bridgehead atoms. The third-order valence-corrected chi connectivity index (χ3v) is 3.66. The second-order valence-corrected chi connectivity index (χ2v) is 6.05. The van der Waals surface area contributed by atoms with Crippen LogP contribution in [0, 0.1) is 11.3 Å². The second kappa shape index (κ2) is 5.49. The van der Waals surface area contributed by atoms with Gasteiger partial charge in [0.05, 0.1) is 0 Å². The molecule has 1 saturated heterocycles. The van der Waals surface area contributed by atoms with E-state index in [2.05, 4.69) is 19.2 Å². The van der Waals surface area contributed by atoms with Crippen molar-refractivity contribution in [3.8, 4) is 0 Å². The molecule has 0 spiro atoms. The fourth-order valence-corrected chi connectivity index (χ4v) is 2.68. The zero-order valence-electron chi connectivity index (χ0n) is 11.2. The molecule has 1 aliphatic rings. The quantitative estimate of drug-likeness (QED) is 0.807. The van der Waals surface area contributed by atoms with Gasteiger partial charge in [0, 0.05) is 18.9 Å². The number of halogens is 3. The largest absolute Gasteiger partial charge is 0.389 e. The molecular formula is C13H22F3NO. The molecule has 0 aromatic rings. The molecule has 1 N–H and O–H groups in total. The molecule has 1 aliphatic heterocycles. The number of nitrogens with one attached hydrogen (secondary N) is 1. The molecule has 0 aliphatic carbocycles. The van der Waals surface area contributed by atoms with Crippen molar-refractivity contribution in [2.75, 3.05) is 0 Å². The average molecular weight is 265 g/mol. The van der Waals surface area contributed by atoms with E-state index in [9.17, 15) is 18.0 Å². The van der Waals surface area contributed by atoms with Gasteiger partial charge in [-0.15, -0.1) is 0 Å². The third kappa shape index (κ3) is 4.50. The Morgan fingerprint density at radius 2 is 2.06 bits per heavy atom. The van der Waals surface area contributed by atoms with Gasteiger partial charge in [0.1, 0.15) is 0 Å². The van der Waals surface area contributed by atoms with Crippen LogP contribution in [0.2, 0.25) is 0 Å². The van der Waals surface area contributed by atoms with E-state index in [1.807, 2.05) is 6.92 Å². The Morgan fingerprint density at radius 1 is 1.44 bits per heavy atom. The summed E-state index contributed by atoms with van der Waals surface area (Å²) < 4.78 is 36.5. The molecule has 5 heteroatoms. The number of hydrogen-bond acceptors (Lipinski definition) is 1. The molecule has 106 valence electrons. The Hall–Kier alpha value is -0.740. The SMILES string of the molecule is CC(C)CC1NC(=O)CC1(C)CCCC(F)(F)F. The van der Waals surface area contributed by atoms with E-state index < -0.39 is 12.6 Å². The number of carbonyl (C=O) groups excluding carboxylic acids is 1. The minimum atomic E-state index is -4.10. The predicted molar refractivity (Wildman–Crippen MR) is 64.0 cm³/mol. The zero-order valence-corrected chi connectivity index (χ0v) is 11.2. The van der Waals surface area contributed by atoms with Gasteiger partial charge in [0.25, 0.3) is 0 Å². The zero-order chi connectivity index (χ0) is 14.0. The van der Waals surface area contributed by atoms with Gasteiger partial charge in [0.15, 0.2) is 0 Å². The van der Waals surface area contributed by atoms with Gasteiger partial charge in [-0.05, 0) is 30.6 Å². The van der Waals surface area contributed by atoms with E-state index in [0.29, 0.717) is 18.8 Å². The molecule has 1 rings (SSSR count). The van der Waals surface area contributed by atoms with E-state index in [4.69, 9.17) is 0 Å². The van der Waals surface area contributed by atoms with Crippen molar-refractivity contribution in [2.45, 2.75) is 65.1 Å². The van der Waals surface area contributed by atoms with Gasteiger partial charge in [0.2, 0.25) is 5.91 Å². The molecule has 2 unspecified atom stereocenters. The average Bonchev–Trinajstić information content (AvgIpc) is 2.38. The third-order valence-electron chi connectivity index (χ3n) is 3.66. The molecule has 0 saturated carbocycles. The fraction of sp³-hybridized carbons (Fsp3) is 0.923. The van der Waals surface area contributed by atoms with Crippen molar-refractivity contribution < 1.29 is 18.0 Å². The van der Waals surface area contributed by atoms with Crippen LogP contribution in [0.25, 0.3) is 0 Å². The highest BCUT2D eigenvalue weighted by molar-refractivity contribution is 5.79. The van der Waals surface area contributed by atoms with Gasteiger partial charge in [-0.3, -0.25) is 4.79 Å². The van der Waals surface area contributed by atoms with Crippen LogP contribution in [0.15, 0.2) is 0 Å². The van der Waals surface area contributed by atoms with Crippen molar-refractivity contribution in [1.29, 1.82) is 0 Å². The Labute approximate surface area is 106 Å². The summed E-state index contributed by atoms with van der Waals surface area (Å²) in [6.07, 6.45) is -3.13. The number of amides is 1. The van der Waals surface area contributed by atoms with Crippen LogP contribution in [0.5, 0.6) is 0 Å². The highest BCUT2D eigenvalue weighted by Gasteiger charge is 2.43. The Balaban J connectivity index is 2.55. The Morgan fingerprint density at radius 3 is 2.56 bits per heavy atom. The van der Waals surface area contributed by atoms with Gasteiger partial charge >= 0.3 is 6.18 Å². The smallest absolute Gasteiger partial charge is 0.353 e. The first-order valence-corrected chi connectivity index (χ1v) is 6.48. The standard InChI is InChI=1S/C13H22F3NO/c1-9(2)7-10-12(3,8-11(18)17-10)5-4-6-13(14,15)16/h9-10H,4-8H2,1-3H3,(H,17,18). The summed E-state index contributed by atoms with van der Waals surface area (Å²) >= 11 is 0. The summed E-state index contributed by atoms with van der Waals surface area (Å²) in [6.45, 7) is 6.04. The first kappa shape index (κ1) is 15.3. The van der Waals surface area contributed by atoms with Crippen LogP contribution in [0.3, 0.4) is 0 Å². The summed E-state index contributed by atoms with van der Waals surface area (Å²) in [5.74, 6) is 0.394. The molecule has 2 nitrogen and oxygen atoms in total.